The Bertz CT molecular complexity index is 419. The fourth-order valence-electron chi connectivity index (χ4n) is 2.49. The van der Waals surface area contributed by atoms with Crippen LogP contribution in [-0.2, 0) is 17.8 Å². The number of carboxylic acid groups (broad SMARTS) is 1. The van der Waals surface area contributed by atoms with E-state index in [1.54, 1.807) is 0 Å². The molecule has 1 aliphatic heterocycles. The predicted octanol–water partition coefficient (Wildman–Crippen LogP) is 1.13. The van der Waals surface area contributed by atoms with Crippen LogP contribution >= 0.6 is 0 Å². The van der Waals surface area contributed by atoms with Gasteiger partial charge in [0, 0.05) is 19.7 Å². The van der Waals surface area contributed by atoms with Crippen molar-refractivity contribution in [2.75, 3.05) is 19.7 Å². The number of carbonyl (C=O) groups is 1. The van der Waals surface area contributed by atoms with Crippen LogP contribution in [0.4, 0.5) is 0 Å². The quantitative estimate of drug-likeness (QED) is 0.821. The topological polar surface area (TPSA) is 60.8 Å². The molecule has 1 unspecified atom stereocenters. The number of rotatable bonds is 5. The maximum atomic E-state index is 10.8. The minimum Gasteiger partial charge on any atom is -0.481 e. The third-order valence-corrected chi connectivity index (χ3v) is 3.48. The Kier molecular flexibility index (Phi) is 4.33. The first-order valence-electron chi connectivity index (χ1n) is 6.31. The lowest BCUT2D eigenvalue weighted by molar-refractivity contribution is -0.136. The normalized spacial score (nSPS) is 20.2. The Morgan fingerprint density at radius 2 is 2.06 bits per heavy atom. The highest BCUT2D eigenvalue weighted by molar-refractivity contribution is 5.70. The van der Waals surface area contributed by atoms with E-state index < -0.39 is 5.97 Å². The fourth-order valence-corrected chi connectivity index (χ4v) is 2.49. The van der Waals surface area contributed by atoms with Crippen LogP contribution < -0.4 is 0 Å². The molecule has 1 aromatic rings. The summed E-state index contributed by atoms with van der Waals surface area (Å²) in [6.45, 7) is 2.90. The molecule has 0 amide bonds. The highest BCUT2D eigenvalue weighted by Gasteiger charge is 2.22. The van der Waals surface area contributed by atoms with Gasteiger partial charge in [0.1, 0.15) is 0 Å². The van der Waals surface area contributed by atoms with Crippen molar-refractivity contribution in [2.24, 2.45) is 5.92 Å². The minimum atomic E-state index is -0.794. The van der Waals surface area contributed by atoms with E-state index in [9.17, 15) is 4.79 Å². The van der Waals surface area contributed by atoms with Gasteiger partial charge in [-0.05, 0) is 30.0 Å². The lowest BCUT2D eigenvalue weighted by atomic mass is 10.0. The second kappa shape index (κ2) is 5.98. The Morgan fingerprint density at radius 3 is 2.67 bits per heavy atom. The monoisotopic (exact) mass is 249 g/mol. The minimum absolute atomic E-state index is 0.0768. The standard InChI is InChI=1S/C14H19NO3/c16-10-11-5-6-15(8-11)9-13-4-2-1-3-12(13)7-14(17)18/h1-4,11,16H,5-10H2,(H,17,18). The maximum Gasteiger partial charge on any atom is 0.307 e. The summed E-state index contributed by atoms with van der Waals surface area (Å²) >= 11 is 0. The number of aliphatic hydroxyl groups is 1. The summed E-state index contributed by atoms with van der Waals surface area (Å²) in [5.41, 5.74) is 1.97. The summed E-state index contributed by atoms with van der Waals surface area (Å²) in [5.74, 6) is -0.422. The molecule has 1 aliphatic rings. The smallest absolute Gasteiger partial charge is 0.307 e. The molecule has 0 bridgehead atoms. The van der Waals surface area contributed by atoms with Crippen LogP contribution in [0.25, 0.3) is 0 Å². The molecule has 1 aromatic carbocycles. The number of hydrogen-bond acceptors (Lipinski definition) is 3. The molecule has 2 rings (SSSR count). The van der Waals surface area contributed by atoms with E-state index in [0.717, 1.165) is 37.2 Å². The van der Waals surface area contributed by atoms with Crippen LogP contribution in [0.1, 0.15) is 17.5 Å². The van der Waals surface area contributed by atoms with Crippen molar-refractivity contribution in [3.8, 4) is 0 Å². The largest absolute Gasteiger partial charge is 0.481 e. The number of carboxylic acids is 1. The van der Waals surface area contributed by atoms with E-state index in [4.69, 9.17) is 10.2 Å². The highest BCUT2D eigenvalue weighted by Crippen LogP contribution is 2.20. The number of benzene rings is 1. The summed E-state index contributed by atoms with van der Waals surface area (Å²) < 4.78 is 0. The van der Waals surface area contributed by atoms with Gasteiger partial charge in [-0.2, -0.15) is 0 Å². The molecule has 98 valence electrons. The van der Waals surface area contributed by atoms with Gasteiger partial charge in [0.25, 0.3) is 0 Å². The van der Waals surface area contributed by atoms with Crippen molar-refractivity contribution in [2.45, 2.75) is 19.4 Å². The number of aliphatic hydroxyl groups excluding tert-OH is 1. The van der Waals surface area contributed by atoms with Gasteiger partial charge in [-0.3, -0.25) is 9.69 Å². The zero-order valence-corrected chi connectivity index (χ0v) is 10.4. The average molecular weight is 249 g/mol. The summed E-state index contributed by atoms with van der Waals surface area (Å²) in [4.78, 5) is 13.1. The van der Waals surface area contributed by atoms with Crippen LogP contribution in [0.15, 0.2) is 24.3 Å². The van der Waals surface area contributed by atoms with Crippen molar-refractivity contribution < 1.29 is 15.0 Å². The van der Waals surface area contributed by atoms with Crippen molar-refractivity contribution in [1.29, 1.82) is 0 Å². The fraction of sp³-hybridized carbons (Fsp3) is 0.500. The molecule has 2 N–H and O–H groups in total. The van der Waals surface area contributed by atoms with E-state index in [0.29, 0.717) is 5.92 Å². The number of aliphatic carboxylic acids is 1. The van der Waals surface area contributed by atoms with Crippen LogP contribution in [0.3, 0.4) is 0 Å². The summed E-state index contributed by atoms with van der Waals surface area (Å²) in [6.07, 6.45) is 1.10. The van der Waals surface area contributed by atoms with Crippen LogP contribution in [0, 0.1) is 5.92 Å². The van der Waals surface area contributed by atoms with Crippen LogP contribution in [-0.4, -0.2) is 40.8 Å². The Hall–Kier alpha value is -1.39. The third kappa shape index (κ3) is 3.31. The Labute approximate surface area is 107 Å². The second-order valence-corrected chi connectivity index (χ2v) is 4.91. The molecule has 1 atom stereocenters. The molecule has 18 heavy (non-hydrogen) atoms. The molecular weight excluding hydrogens is 230 g/mol. The Morgan fingerprint density at radius 1 is 1.33 bits per heavy atom. The first-order valence-corrected chi connectivity index (χ1v) is 6.31. The summed E-state index contributed by atoms with van der Waals surface area (Å²) in [5, 5.41) is 18.0. The number of likely N-dealkylation sites (tertiary alicyclic amines) is 1. The molecule has 0 spiro atoms. The van der Waals surface area contributed by atoms with Gasteiger partial charge in [-0.1, -0.05) is 24.3 Å². The van der Waals surface area contributed by atoms with Crippen LogP contribution in [0.5, 0.6) is 0 Å². The van der Waals surface area contributed by atoms with Gasteiger partial charge in [0.15, 0.2) is 0 Å². The zero-order valence-electron chi connectivity index (χ0n) is 10.4. The van der Waals surface area contributed by atoms with E-state index in [-0.39, 0.29) is 13.0 Å². The van der Waals surface area contributed by atoms with Gasteiger partial charge < -0.3 is 10.2 Å². The summed E-state index contributed by atoms with van der Waals surface area (Å²) in [7, 11) is 0. The molecule has 4 heteroatoms. The zero-order chi connectivity index (χ0) is 13.0. The van der Waals surface area contributed by atoms with Gasteiger partial charge >= 0.3 is 5.97 Å². The molecule has 1 heterocycles. The maximum absolute atomic E-state index is 10.8. The highest BCUT2D eigenvalue weighted by atomic mass is 16.4. The van der Waals surface area contributed by atoms with Crippen molar-refractivity contribution in [3.63, 3.8) is 0 Å². The molecule has 1 saturated heterocycles. The summed E-state index contributed by atoms with van der Waals surface area (Å²) in [6, 6.07) is 7.69. The van der Waals surface area contributed by atoms with Crippen molar-refractivity contribution in [3.05, 3.63) is 35.4 Å². The first-order chi connectivity index (χ1) is 8.69. The van der Waals surface area contributed by atoms with Crippen LogP contribution in [0.2, 0.25) is 0 Å². The average Bonchev–Trinajstić information content (AvgIpc) is 2.79. The van der Waals surface area contributed by atoms with Crippen molar-refractivity contribution >= 4 is 5.97 Å². The van der Waals surface area contributed by atoms with E-state index in [1.165, 1.54) is 0 Å². The number of hydrogen-bond donors (Lipinski definition) is 2. The predicted molar refractivity (Wildman–Crippen MR) is 68.3 cm³/mol. The molecule has 0 aliphatic carbocycles. The molecule has 1 fully saturated rings. The lowest BCUT2D eigenvalue weighted by Crippen LogP contribution is -2.22. The third-order valence-electron chi connectivity index (χ3n) is 3.48. The van der Waals surface area contributed by atoms with Gasteiger partial charge in [-0.25, -0.2) is 0 Å². The van der Waals surface area contributed by atoms with E-state index in [2.05, 4.69) is 4.90 Å². The molecule has 0 saturated carbocycles. The first kappa shape index (κ1) is 13.1. The lowest BCUT2D eigenvalue weighted by Gasteiger charge is -2.17. The second-order valence-electron chi connectivity index (χ2n) is 4.91. The van der Waals surface area contributed by atoms with Gasteiger partial charge in [0.05, 0.1) is 6.42 Å². The van der Waals surface area contributed by atoms with Gasteiger partial charge in [-0.15, -0.1) is 0 Å². The van der Waals surface area contributed by atoms with Gasteiger partial charge in [0.2, 0.25) is 0 Å². The Balaban J connectivity index is 2.02. The molecule has 4 nitrogen and oxygen atoms in total. The molecule has 0 aromatic heterocycles. The SMILES string of the molecule is O=C(O)Cc1ccccc1CN1CCC(CO)C1. The van der Waals surface area contributed by atoms with Crippen molar-refractivity contribution in [1.82, 2.24) is 4.90 Å². The molecular formula is C14H19NO3. The molecule has 0 radical (unpaired) electrons. The number of nitrogens with zero attached hydrogens (tertiary/aromatic N) is 1. The van der Waals surface area contributed by atoms with E-state index >= 15 is 0 Å². The van der Waals surface area contributed by atoms with E-state index in [1.807, 2.05) is 24.3 Å².